The minimum absolute atomic E-state index is 0. The SMILES string of the molecule is CC1(N)CCCCC1C(=O)N1CCS(=O)(=O)CC1.Cl. The van der Waals surface area contributed by atoms with Gasteiger partial charge in [-0.2, -0.15) is 0 Å². The van der Waals surface area contributed by atoms with Crippen LogP contribution in [0, 0.1) is 5.92 Å². The molecule has 2 aliphatic rings. The van der Waals surface area contributed by atoms with Gasteiger partial charge in [0.25, 0.3) is 0 Å². The van der Waals surface area contributed by atoms with Gasteiger partial charge in [0.1, 0.15) is 0 Å². The summed E-state index contributed by atoms with van der Waals surface area (Å²) in [6.45, 7) is 2.59. The summed E-state index contributed by atoms with van der Waals surface area (Å²) >= 11 is 0. The molecule has 0 aromatic heterocycles. The van der Waals surface area contributed by atoms with Crippen molar-refractivity contribution in [3.05, 3.63) is 0 Å². The normalized spacial score (nSPS) is 34.4. The van der Waals surface area contributed by atoms with Crippen molar-refractivity contribution in [1.82, 2.24) is 4.90 Å². The zero-order valence-corrected chi connectivity index (χ0v) is 12.9. The average molecular weight is 311 g/mol. The lowest BCUT2D eigenvalue weighted by molar-refractivity contribution is -0.138. The molecule has 1 saturated carbocycles. The summed E-state index contributed by atoms with van der Waals surface area (Å²) in [7, 11) is -2.93. The first-order valence-corrected chi connectivity index (χ1v) is 8.42. The van der Waals surface area contributed by atoms with Crippen LogP contribution in [0.4, 0.5) is 0 Å². The minimum atomic E-state index is -2.93. The highest BCUT2D eigenvalue weighted by Gasteiger charge is 2.40. The molecule has 1 aliphatic carbocycles. The van der Waals surface area contributed by atoms with Crippen LogP contribution in [0.5, 0.6) is 0 Å². The predicted molar refractivity (Wildman–Crippen MR) is 77.0 cm³/mol. The molecule has 19 heavy (non-hydrogen) atoms. The summed E-state index contributed by atoms with van der Waals surface area (Å²) in [5.74, 6) is 0.0844. The van der Waals surface area contributed by atoms with Crippen molar-refractivity contribution >= 4 is 28.2 Å². The third-order valence-corrected chi connectivity index (χ3v) is 5.82. The summed E-state index contributed by atoms with van der Waals surface area (Å²) in [6, 6.07) is 0. The second kappa shape index (κ2) is 5.97. The molecule has 2 unspecified atom stereocenters. The lowest BCUT2D eigenvalue weighted by Crippen LogP contribution is -2.56. The van der Waals surface area contributed by atoms with E-state index in [4.69, 9.17) is 5.73 Å². The largest absolute Gasteiger partial charge is 0.340 e. The van der Waals surface area contributed by atoms with E-state index in [2.05, 4.69) is 0 Å². The molecule has 0 bridgehead atoms. The Labute approximate surface area is 121 Å². The second-order valence-corrected chi connectivity index (χ2v) is 8.08. The Morgan fingerprint density at radius 3 is 2.37 bits per heavy atom. The summed E-state index contributed by atoms with van der Waals surface area (Å²) in [5, 5.41) is 0. The zero-order valence-electron chi connectivity index (χ0n) is 11.3. The maximum Gasteiger partial charge on any atom is 0.227 e. The van der Waals surface area contributed by atoms with E-state index in [9.17, 15) is 13.2 Å². The van der Waals surface area contributed by atoms with Crippen LogP contribution < -0.4 is 5.73 Å². The molecular formula is C12H23ClN2O3S. The number of nitrogens with two attached hydrogens (primary N) is 1. The fourth-order valence-electron chi connectivity index (χ4n) is 2.92. The van der Waals surface area contributed by atoms with Crippen LogP contribution >= 0.6 is 12.4 Å². The number of sulfone groups is 1. The minimum Gasteiger partial charge on any atom is -0.340 e. The van der Waals surface area contributed by atoms with Crippen molar-refractivity contribution < 1.29 is 13.2 Å². The molecule has 0 aromatic carbocycles. The lowest BCUT2D eigenvalue weighted by atomic mass is 9.74. The molecule has 2 fully saturated rings. The second-order valence-electron chi connectivity index (χ2n) is 5.78. The van der Waals surface area contributed by atoms with Crippen molar-refractivity contribution in [2.75, 3.05) is 24.6 Å². The van der Waals surface area contributed by atoms with Crippen molar-refractivity contribution in [3.8, 4) is 0 Å². The number of carbonyl (C=O) groups excluding carboxylic acids is 1. The Bertz CT molecular complexity index is 422. The molecular weight excluding hydrogens is 288 g/mol. The molecule has 1 amide bonds. The van der Waals surface area contributed by atoms with Gasteiger partial charge < -0.3 is 10.6 Å². The van der Waals surface area contributed by atoms with Gasteiger partial charge >= 0.3 is 0 Å². The van der Waals surface area contributed by atoms with Crippen molar-refractivity contribution in [3.63, 3.8) is 0 Å². The molecule has 5 nitrogen and oxygen atoms in total. The Hall–Kier alpha value is -0.330. The monoisotopic (exact) mass is 310 g/mol. The van der Waals surface area contributed by atoms with Gasteiger partial charge in [0.15, 0.2) is 9.84 Å². The number of rotatable bonds is 1. The highest BCUT2D eigenvalue weighted by Crippen LogP contribution is 2.33. The Morgan fingerprint density at radius 2 is 1.84 bits per heavy atom. The summed E-state index contributed by atoms with van der Waals surface area (Å²) in [4.78, 5) is 14.1. The van der Waals surface area contributed by atoms with Crippen molar-refractivity contribution in [2.45, 2.75) is 38.1 Å². The first-order chi connectivity index (χ1) is 8.32. The number of hydrogen-bond donors (Lipinski definition) is 1. The summed E-state index contributed by atoms with van der Waals surface area (Å²) in [6.07, 6.45) is 3.81. The van der Waals surface area contributed by atoms with E-state index < -0.39 is 15.4 Å². The summed E-state index contributed by atoms with van der Waals surface area (Å²) < 4.78 is 22.7. The quantitative estimate of drug-likeness (QED) is 0.768. The smallest absolute Gasteiger partial charge is 0.227 e. The third kappa shape index (κ3) is 3.83. The molecule has 2 atom stereocenters. The number of hydrogen-bond acceptors (Lipinski definition) is 4. The lowest BCUT2D eigenvalue weighted by Gasteiger charge is -2.40. The number of amides is 1. The van der Waals surface area contributed by atoms with Crippen molar-refractivity contribution in [2.24, 2.45) is 11.7 Å². The van der Waals surface area contributed by atoms with Crippen LogP contribution in [0.25, 0.3) is 0 Å². The van der Waals surface area contributed by atoms with E-state index in [-0.39, 0.29) is 35.7 Å². The van der Waals surface area contributed by atoms with Crippen LogP contribution in [0.3, 0.4) is 0 Å². The molecule has 2 rings (SSSR count). The van der Waals surface area contributed by atoms with Gasteiger partial charge in [0.2, 0.25) is 5.91 Å². The fraction of sp³-hybridized carbons (Fsp3) is 0.917. The molecule has 2 N–H and O–H groups in total. The Morgan fingerprint density at radius 1 is 1.26 bits per heavy atom. The maximum atomic E-state index is 12.4. The van der Waals surface area contributed by atoms with Crippen LogP contribution in [0.2, 0.25) is 0 Å². The van der Waals surface area contributed by atoms with E-state index in [0.717, 1.165) is 25.7 Å². The molecule has 1 aliphatic heterocycles. The molecule has 112 valence electrons. The predicted octanol–water partition coefficient (Wildman–Crippen LogP) is 0.573. The van der Waals surface area contributed by atoms with Crippen LogP contribution in [-0.2, 0) is 14.6 Å². The third-order valence-electron chi connectivity index (χ3n) is 4.21. The van der Waals surface area contributed by atoms with E-state index in [0.29, 0.717) is 13.1 Å². The highest BCUT2D eigenvalue weighted by molar-refractivity contribution is 7.91. The van der Waals surface area contributed by atoms with Gasteiger partial charge in [-0.15, -0.1) is 12.4 Å². The molecule has 7 heteroatoms. The number of halogens is 1. The average Bonchev–Trinajstić information content (AvgIpc) is 2.27. The van der Waals surface area contributed by atoms with Gasteiger partial charge in [0, 0.05) is 18.6 Å². The molecule has 0 radical (unpaired) electrons. The van der Waals surface area contributed by atoms with E-state index in [1.807, 2.05) is 6.92 Å². The molecule has 0 spiro atoms. The van der Waals surface area contributed by atoms with Gasteiger partial charge in [-0.1, -0.05) is 12.8 Å². The van der Waals surface area contributed by atoms with Gasteiger partial charge in [-0.25, -0.2) is 8.42 Å². The topological polar surface area (TPSA) is 80.5 Å². The van der Waals surface area contributed by atoms with Crippen LogP contribution in [-0.4, -0.2) is 49.4 Å². The first-order valence-electron chi connectivity index (χ1n) is 6.60. The molecule has 0 aromatic rings. The van der Waals surface area contributed by atoms with E-state index in [1.165, 1.54) is 0 Å². The van der Waals surface area contributed by atoms with Crippen molar-refractivity contribution in [1.29, 1.82) is 0 Å². The Kier molecular flexibility index (Phi) is 5.26. The molecule has 1 saturated heterocycles. The first kappa shape index (κ1) is 16.7. The van der Waals surface area contributed by atoms with Gasteiger partial charge in [0.05, 0.1) is 17.4 Å². The van der Waals surface area contributed by atoms with Crippen LogP contribution in [0.15, 0.2) is 0 Å². The van der Waals surface area contributed by atoms with E-state index >= 15 is 0 Å². The Balaban J connectivity index is 0.00000180. The zero-order chi connectivity index (χ0) is 13.4. The summed E-state index contributed by atoms with van der Waals surface area (Å²) in [5.41, 5.74) is 5.78. The van der Waals surface area contributed by atoms with Crippen LogP contribution in [0.1, 0.15) is 32.6 Å². The molecule has 1 heterocycles. The fourth-order valence-corrected chi connectivity index (χ4v) is 4.12. The highest BCUT2D eigenvalue weighted by atomic mass is 35.5. The standard InChI is InChI=1S/C12H22N2O3S.ClH/c1-12(13)5-3-2-4-10(12)11(15)14-6-8-18(16,17)9-7-14;/h10H,2-9,13H2,1H3;1H. The number of nitrogens with zero attached hydrogens (tertiary/aromatic N) is 1. The number of carbonyl (C=O) groups is 1. The maximum absolute atomic E-state index is 12.4. The van der Waals surface area contributed by atoms with Gasteiger partial charge in [-0.05, 0) is 19.8 Å². The van der Waals surface area contributed by atoms with E-state index in [1.54, 1.807) is 4.90 Å². The van der Waals surface area contributed by atoms with Gasteiger partial charge in [-0.3, -0.25) is 4.79 Å².